The molecule has 2 amide bonds. The monoisotopic (exact) mass is 254 g/mol. The lowest BCUT2D eigenvalue weighted by Gasteiger charge is -2.31. The molecule has 102 valence electrons. The number of carbonyl (C=O) groups is 2. The van der Waals surface area contributed by atoms with E-state index in [4.69, 9.17) is 5.11 Å². The first-order valence-electron chi connectivity index (χ1n) is 6.34. The van der Waals surface area contributed by atoms with Gasteiger partial charge in [0.1, 0.15) is 6.54 Å². The molecule has 1 rings (SSSR count). The molecule has 18 heavy (non-hydrogen) atoms. The van der Waals surface area contributed by atoms with Gasteiger partial charge in [-0.2, -0.15) is 0 Å². The third-order valence-corrected chi connectivity index (χ3v) is 2.97. The Hall–Kier alpha value is -1.52. The zero-order valence-electron chi connectivity index (χ0n) is 11.1. The highest BCUT2D eigenvalue weighted by molar-refractivity contribution is 5.80. The van der Waals surface area contributed by atoms with Gasteiger partial charge in [-0.1, -0.05) is 6.08 Å². The Kier molecular flexibility index (Phi) is 5.19. The predicted molar refractivity (Wildman–Crippen MR) is 69.4 cm³/mol. The molecule has 0 bridgehead atoms. The molecule has 1 aliphatic carbocycles. The maximum atomic E-state index is 12.3. The molecule has 5 nitrogen and oxygen atoms in total. The normalized spacial score (nSPS) is 14.4. The van der Waals surface area contributed by atoms with Crippen LogP contribution in [0.4, 0.5) is 4.79 Å². The summed E-state index contributed by atoms with van der Waals surface area (Å²) in [5.41, 5.74) is 0. The molecule has 0 unspecified atom stereocenters. The number of carboxylic acids is 1. The van der Waals surface area contributed by atoms with E-state index in [1.54, 1.807) is 11.0 Å². The average Bonchev–Trinajstić information content (AvgIpc) is 3.07. The lowest BCUT2D eigenvalue weighted by Crippen LogP contribution is -2.48. The van der Waals surface area contributed by atoms with E-state index in [0.717, 1.165) is 12.8 Å². The third-order valence-electron chi connectivity index (χ3n) is 2.97. The van der Waals surface area contributed by atoms with Gasteiger partial charge in [0.2, 0.25) is 0 Å². The second kappa shape index (κ2) is 6.42. The van der Waals surface area contributed by atoms with Gasteiger partial charge in [0, 0.05) is 19.1 Å². The van der Waals surface area contributed by atoms with Crippen molar-refractivity contribution < 1.29 is 14.7 Å². The minimum Gasteiger partial charge on any atom is -0.480 e. The van der Waals surface area contributed by atoms with Crippen molar-refractivity contribution in [3.63, 3.8) is 0 Å². The molecular weight excluding hydrogens is 232 g/mol. The van der Waals surface area contributed by atoms with E-state index < -0.39 is 5.97 Å². The highest BCUT2D eigenvalue weighted by Crippen LogP contribution is 2.30. The first kappa shape index (κ1) is 14.5. The quantitative estimate of drug-likeness (QED) is 0.705. The number of amides is 2. The number of urea groups is 1. The van der Waals surface area contributed by atoms with Gasteiger partial charge in [-0.05, 0) is 32.6 Å². The van der Waals surface area contributed by atoms with E-state index in [1.807, 2.05) is 13.8 Å². The summed E-state index contributed by atoms with van der Waals surface area (Å²) in [6.45, 7) is 8.22. The Morgan fingerprint density at radius 1 is 1.44 bits per heavy atom. The van der Waals surface area contributed by atoms with Crippen molar-refractivity contribution >= 4 is 12.0 Å². The Bertz CT molecular complexity index is 324. The fraction of sp³-hybridized carbons (Fsp3) is 0.692. The molecule has 1 N–H and O–H groups in total. The van der Waals surface area contributed by atoms with E-state index in [2.05, 4.69) is 6.58 Å². The number of carboxylic acid groups (broad SMARTS) is 1. The molecule has 0 aromatic rings. The van der Waals surface area contributed by atoms with Crippen LogP contribution in [0.5, 0.6) is 0 Å². The largest absolute Gasteiger partial charge is 0.480 e. The maximum absolute atomic E-state index is 12.3. The van der Waals surface area contributed by atoms with Crippen LogP contribution in [0.25, 0.3) is 0 Å². The molecule has 1 fully saturated rings. The van der Waals surface area contributed by atoms with Crippen molar-refractivity contribution in [3.05, 3.63) is 12.7 Å². The molecule has 0 aromatic heterocycles. The number of nitrogens with zero attached hydrogens (tertiary/aromatic N) is 2. The maximum Gasteiger partial charge on any atom is 0.323 e. The zero-order valence-corrected chi connectivity index (χ0v) is 11.1. The van der Waals surface area contributed by atoms with Gasteiger partial charge in [-0.15, -0.1) is 6.58 Å². The number of aliphatic carboxylic acids is 1. The standard InChI is InChI=1S/C13H22N2O3/c1-4-7-15(10(2)3)13(18)14(9-12(16)17)8-11-5-6-11/h4,10-11H,1,5-9H2,2-3H3,(H,16,17). The minimum atomic E-state index is -0.966. The number of hydrogen-bond acceptors (Lipinski definition) is 2. The van der Waals surface area contributed by atoms with Crippen LogP contribution in [0.3, 0.4) is 0 Å². The lowest BCUT2D eigenvalue weighted by molar-refractivity contribution is -0.137. The van der Waals surface area contributed by atoms with E-state index >= 15 is 0 Å². The van der Waals surface area contributed by atoms with Crippen molar-refractivity contribution in [2.75, 3.05) is 19.6 Å². The first-order valence-corrected chi connectivity index (χ1v) is 6.34. The van der Waals surface area contributed by atoms with E-state index in [9.17, 15) is 9.59 Å². The summed E-state index contributed by atoms with van der Waals surface area (Å²) in [4.78, 5) is 26.2. The number of rotatable bonds is 7. The van der Waals surface area contributed by atoms with Crippen LogP contribution >= 0.6 is 0 Å². The van der Waals surface area contributed by atoms with Crippen LogP contribution in [0.15, 0.2) is 12.7 Å². The SMILES string of the molecule is C=CCN(C(=O)N(CC(=O)O)CC1CC1)C(C)C. The van der Waals surface area contributed by atoms with Gasteiger partial charge in [0.25, 0.3) is 0 Å². The summed E-state index contributed by atoms with van der Waals surface area (Å²) in [5.74, 6) is -0.489. The average molecular weight is 254 g/mol. The van der Waals surface area contributed by atoms with Crippen LogP contribution in [0, 0.1) is 5.92 Å². The molecule has 5 heteroatoms. The summed E-state index contributed by atoms with van der Waals surface area (Å²) >= 11 is 0. The molecule has 0 radical (unpaired) electrons. The van der Waals surface area contributed by atoms with Crippen molar-refractivity contribution in [3.8, 4) is 0 Å². The summed E-state index contributed by atoms with van der Waals surface area (Å²) in [7, 11) is 0. The summed E-state index contributed by atoms with van der Waals surface area (Å²) < 4.78 is 0. The Balaban J connectivity index is 2.70. The van der Waals surface area contributed by atoms with Crippen molar-refractivity contribution in [1.82, 2.24) is 9.80 Å². The smallest absolute Gasteiger partial charge is 0.323 e. The van der Waals surface area contributed by atoms with E-state index in [-0.39, 0.29) is 18.6 Å². The van der Waals surface area contributed by atoms with Crippen molar-refractivity contribution in [2.45, 2.75) is 32.7 Å². The Labute approximate surface area is 108 Å². The van der Waals surface area contributed by atoms with E-state index in [0.29, 0.717) is 19.0 Å². The second-order valence-corrected chi connectivity index (χ2v) is 5.03. The van der Waals surface area contributed by atoms with E-state index in [1.165, 1.54) is 4.90 Å². The highest BCUT2D eigenvalue weighted by atomic mass is 16.4. The lowest BCUT2D eigenvalue weighted by atomic mass is 10.3. The highest BCUT2D eigenvalue weighted by Gasteiger charge is 2.30. The van der Waals surface area contributed by atoms with Gasteiger partial charge in [-0.3, -0.25) is 4.79 Å². The molecule has 0 heterocycles. The third kappa shape index (κ3) is 4.39. The van der Waals surface area contributed by atoms with Crippen LogP contribution in [0.1, 0.15) is 26.7 Å². The van der Waals surface area contributed by atoms with Crippen LogP contribution < -0.4 is 0 Å². The molecule has 0 saturated heterocycles. The summed E-state index contributed by atoms with van der Waals surface area (Å²) in [6, 6.07) is -0.176. The molecule has 0 aliphatic heterocycles. The van der Waals surface area contributed by atoms with Gasteiger partial charge in [-0.25, -0.2) is 4.79 Å². The fourth-order valence-electron chi connectivity index (χ4n) is 1.82. The van der Waals surface area contributed by atoms with Crippen LogP contribution in [0.2, 0.25) is 0 Å². The summed E-state index contributed by atoms with van der Waals surface area (Å²) in [6.07, 6.45) is 3.84. The molecular formula is C13H22N2O3. The molecule has 0 spiro atoms. The minimum absolute atomic E-state index is 0.0333. The van der Waals surface area contributed by atoms with Gasteiger partial charge in [0.05, 0.1) is 0 Å². The summed E-state index contributed by atoms with van der Waals surface area (Å²) in [5, 5.41) is 8.88. The van der Waals surface area contributed by atoms with Crippen molar-refractivity contribution in [1.29, 1.82) is 0 Å². The predicted octanol–water partition coefficient (Wildman–Crippen LogP) is 1.80. The van der Waals surface area contributed by atoms with Gasteiger partial charge in [0.15, 0.2) is 0 Å². The Morgan fingerprint density at radius 2 is 2.06 bits per heavy atom. The number of carbonyl (C=O) groups excluding carboxylic acids is 1. The molecule has 0 aromatic carbocycles. The molecule has 1 aliphatic rings. The fourth-order valence-corrected chi connectivity index (χ4v) is 1.82. The van der Waals surface area contributed by atoms with Crippen LogP contribution in [-0.2, 0) is 4.79 Å². The van der Waals surface area contributed by atoms with Gasteiger partial charge >= 0.3 is 12.0 Å². The number of hydrogen-bond donors (Lipinski definition) is 1. The second-order valence-electron chi connectivity index (χ2n) is 5.03. The first-order chi connectivity index (χ1) is 8.45. The molecule has 1 saturated carbocycles. The van der Waals surface area contributed by atoms with Gasteiger partial charge < -0.3 is 14.9 Å². The van der Waals surface area contributed by atoms with Crippen molar-refractivity contribution in [2.24, 2.45) is 5.92 Å². The Morgan fingerprint density at radius 3 is 2.44 bits per heavy atom. The molecule has 0 atom stereocenters. The van der Waals surface area contributed by atoms with Crippen LogP contribution in [-0.4, -0.2) is 52.6 Å². The zero-order chi connectivity index (χ0) is 13.7. The topological polar surface area (TPSA) is 60.9 Å².